The molecule has 15 heavy (non-hydrogen) atoms. The quantitative estimate of drug-likeness (QED) is 0.514. The average Bonchev–Trinajstić information content (AvgIpc) is 2.29. The molecule has 0 amide bonds. The first-order chi connectivity index (χ1) is 7.36. The van der Waals surface area contributed by atoms with Crippen molar-refractivity contribution in [2.24, 2.45) is 0 Å². The number of rotatable bonds is 0. The maximum atomic E-state index is 4.43. The van der Waals surface area contributed by atoms with Crippen LogP contribution >= 0.6 is 0 Å². The Kier molecular flexibility index (Phi) is 1.68. The van der Waals surface area contributed by atoms with Gasteiger partial charge in [0.2, 0.25) is 0 Å². The van der Waals surface area contributed by atoms with Crippen molar-refractivity contribution < 1.29 is 0 Å². The van der Waals surface area contributed by atoms with E-state index in [2.05, 4.69) is 23.0 Å². The van der Waals surface area contributed by atoms with Gasteiger partial charge < -0.3 is 0 Å². The summed E-state index contributed by atoms with van der Waals surface area (Å²) in [7, 11) is 0. The third kappa shape index (κ3) is 1.18. The number of hydrogen-bond donors (Lipinski definition) is 0. The summed E-state index contributed by atoms with van der Waals surface area (Å²) in [4.78, 5) is 8.86. The maximum Gasteiger partial charge on any atom is 0.0814 e. The van der Waals surface area contributed by atoms with Crippen LogP contribution in [-0.2, 0) is 0 Å². The van der Waals surface area contributed by atoms with E-state index in [9.17, 15) is 0 Å². The first-order valence-corrected chi connectivity index (χ1v) is 4.95. The fourth-order valence-electron chi connectivity index (χ4n) is 1.94. The molecule has 0 fully saturated rings. The summed E-state index contributed by atoms with van der Waals surface area (Å²) in [5.74, 6) is 0. The second kappa shape index (κ2) is 3.02. The lowest BCUT2D eigenvalue weighted by molar-refractivity contribution is 1.37. The van der Waals surface area contributed by atoms with Gasteiger partial charge in [0.1, 0.15) is 0 Å². The highest BCUT2D eigenvalue weighted by atomic mass is 14.7. The van der Waals surface area contributed by atoms with Gasteiger partial charge in [-0.25, -0.2) is 0 Å². The maximum absolute atomic E-state index is 4.43. The van der Waals surface area contributed by atoms with E-state index in [1.807, 2.05) is 36.7 Å². The van der Waals surface area contributed by atoms with Crippen LogP contribution in [0.15, 0.2) is 42.7 Å². The normalized spacial score (nSPS) is 11.0. The van der Waals surface area contributed by atoms with Crippen LogP contribution in [0.2, 0.25) is 0 Å². The Labute approximate surface area is 87.6 Å². The van der Waals surface area contributed by atoms with Crippen LogP contribution in [0.4, 0.5) is 0 Å². The molecule has 0 aliphatic carbocycles. The summed E-state index contributed by atoms with van der Waals surface area (Å²) < 4.78 is 0. The summed E-state index contributed by atoms with van der Waals surface area (Å²) in [6.07, 6.45) is 3.71. The Balaban J connectivity index is 2.64. The Hall–Kier alpha value is -1.96. The Morgan fingerprint density at radius 2 is 1.93 bits per heavy atom. The van der Waals surface area contributed by atoms with Crippen molar-refractivity contribution in [2.45, 2.75) is 6.92 Å². The molecule has 2 heteroatoms. The van der Waals surface area contributed by atoms with E-state index in [1.54, 1.807) is 0 Å². The summed E-state index contributed by atoms with van der Waals surface area (Å²) in [5, 5.41) is 2.26. The summed E-state index contributed by atoms with van der Waals surface area (Å²) in [6, 6.07) is 10.1. The Morgan fingerprint density at radius 3 is 2.87 bits per heavy atom. The topological polar surface area (TPSA) is 25.8 Å². The van der Waals surface area contributed by atoms with Crippen molar-refractivity contribution in [3.63, 3.8) is 0 Å². The molecule has 0 N–H and O–H groups in total. The van der Waals surface area contributed by atoms with Gasteiger partial charge in [0.05, 0.1) is 11.0 Å². The molecule has 0 unspecified atom stereocenters. The van der Waals surface area contributed by atoms with Gasteiger partial charge >= 0.3 is 0 Å². The number of nitrogens with zero attached hydrogens (tertiary/aromatic N) is 2. The molecular formula is C13H10N2. The van der Waals surface area contributed by atoms with Crippen LogP contribution in [0.25, 0.3) is 21.8 Å². The van der Waals surface area contributed by atoms with Crippen molar-refractivity contribution in [1.29, 1.82) is 0 Å². The van der Waals surface area contributed by atoms with Crippen molar-refractivity contribution in [3.05, 3.63) is 48.3 Å². The van der Waals surface area contributed by atoms with E-state index in [0.29, 0.717) is 0 Å². The minimum Gasteiger partial charge on any atom is -0.255 e. The number of aryl methyl sites for hydroxylation is 1. The zero-order chi connectivity index (χ0) is 10.3. The first kappa shape index (κ1) is 8.36. The van der Waals surface area contributed by atoms with E-state index in [4.69, 9.17) is 0 Å². The van der Waals surface area contributed by atoms with E-state index in [0.717, 1.165) is 21.8 Å². The smallest absolute Gasteiger partial charge is 0.0814 e. The highest BCUT2D eigenvalue weighted by molar-refractivity contribution is 6.04. The fourth-order valence-corrected chi connectivity index (χ4v) is 1.94. The Morgan fingerprint density at radius 1 is 1.00 bits per heavy atom. The Bertz CT molecular complexity index is 644. The molecule has 2 aromatic heterocycles. The summed E-state index contributed by atoms with van der Waals surface area (Å²) >= 11 is 0. The number of aromatic nitrogens is 2. The van der Waals surface area contributed by atoms with E-state index < -0.39 is 0 Å². The molecule has 0 saturated heterocycles. The molecule has 0 saturated carbocycles. The zero-order valence-electron chi connectivity index (χ0n) is 8.44. The van der Waals surface area contributed by atoms with Crippen molar-refractivity contribution in [1.82, 2.24) is 9.97 Å². The predicted octanol–water partition coefficient (Wildman–Crippen LogP) is 3.09. The minimum absolute atomic E-state index is 1.02. The molecule has 0 bridgehead atoms. The summed E-state index contributed by atoms with van der Waals surface area (Å²) in [5.41, 5.74) is 3.28. The monoisotopic (exact) mass is 194 g/mol. The van der Waals surface area contributed by atoms with Gasteiger partial charge in [-0.05, 0) is 30.7 Å². The van der Waals surface area contributed by atoms with Crippen molar-refractivity contribution >= 4 is 21.8 Å². The molecule has 0 aliphatic rings. The van der Waals surface area contributed by atoms with Crippen LogP contribution in [0, 0.1) is 6.92 Å². The molecule has 0 aliphatic heterocycles. The van der Waals surface area contributed by atoms with Crippen LogP contribution in [0.1, 0.15) is 5.56 Å². The van der Waals surface area contributed by atoms with Crippen LogP contribution in [0.3, 0.4) is 0 Å². The third-order valence-electron chi connectivity index (χ3n) is 2.67. The van der Waals surface area contributed by atoms with E-state index >= 15 is 0 Å². The summed E-state index contributed by atoms with van der Waals surface area (Å²) in [6.45, 7) is 2.10. The minimum atomic E-state index is 1.02. The van der Waals surface area contributed by atoms with Crippen molar-refractivity contribution in [3.8, 4) is 0 Å². The van der Waals surface area contributed by atoms with Gasteiger partial charge in [-0.15, -0.1) is 0 Å². The highest BCUT2D eigenvalue weighted by Gasteiger charge is 2.03. The van der Waals surface area contributed by atoms with Gasteiger partial charge in [-0.2, -0.15) is 0 Å². The molecule has 2 heterocycles. The average molecular weight is 194 g/mol. The second-order valence-electron chi connectivity index (χ2n) is 3.67. The number of pyridine rings is 2. The molecule has 0 radical (unpaired) electrons. The number of fused-ring (bicyclic) bond motifs is 3. The second-order valence-corrected chi connectivity index (χ2v) is 3.67. The lowest BCUT2D eigenvalue weighted by Crippen LogP contribution is -1.86. The molecular weight excluding hydrogens is 184 g/mol. The van der Waals surface area contributed by atoms with Gasteiger partial charge in [-0.1, -0.05) is 12.1 Å². The molecule has 3 rings (SSSR count). The first-order valence-electron chi connectivity index (χ1n) is 4.95. The largest absolute Gasteiger partial charge is 0.255 e. The van der Waals surface area contributed by atoms with Crippen LogP contribution in [-0.4, -0.2) is 9.97 Å². The van der Waals surface area contributed by atoms with Gasteiger partial charge in [0.25, 0.3) is 0 Å². The van der Waals surface area contributed by atoms with Gasteiger partial charge in [0.15, 0.2) is 0 Å². The predicted molar refractivity (Wildman–Crippen MR) is 61.8 cm³/mol. The van der Waals surface area contributed by atoms with E-state index in [1.165, 1.54) is 5.56 Å². The highest BCUT2D eigenvalue weighted by Crippen LogP contribution is 2.23. The number of benzene rings is 1. The molecule has 1 aromatic carbocycles. The van der Waals surface area contributed by atoms with E-state index in [-0.39, 0.29) is 0 Å². The molecule has 3 aromatic rings. The lowest BCUT2D eigenvalue weighted by atomic mass is 10.1. The van der Waals surface area contributed by atoms with Crippen LogP contribution < -0.4 is 0 Å². The molecule has 0 atom stereocenters. The lowest BCUT2D eigenvalue weighted by Gasteiger charge is -2.04. The third-order valence-corrected chi connectivity index (χ3v) is 2.67. The van der Waals surface area contributed by atoms with Gasteiger partial charge in [0, 0.05) is 23.2 Å². The molecule has 0 spiro atoms. The van der Waals surface area contributed by atoms with Crippen molar-refractivity contribution in [2.75, 3.05) is 0 Å². The molecule has 2 nitrogen and oxygen atoms in total. The number of hydrogen-bond acceptors (Lipinski definition) is 2. The van der Waals surface area contributed by atoms with Gasteiger partial charge in [-0.3, -0.25) is 9.97 Å². The molecule has 72 valence electrons. The standard InChI is InChI=1S/C13H10N2/c1-9-4-2-6-11-12(9)13-10(8-15-11)5-3-7-14-13/h2-8H,1H3. The SMILES string of the molecule is Cc1cccc2ncc3cccnc3c12. The van der Waals surface area contributed by atoms with Crippen LogP contribution in [0.5, 0.6) is 0 Å². The fraction of sp³-hybridized carbons (Fsp3) is 0.0769. The zero-order valence-corrected chi connectivity index (χ0v) is 8.44.